The summed E-state index contributed by atoms with van der Waals surface area (Å²) in [6, 6.07) is 16.1. The smallest absolute Gasteiger partial charge is 0.309 e. The summed E-state index contributed by atoms with van der Waals surface area (Å²) in [7, 11) is 1.47. The van der Waals surface area contributed by atoms with Crippen LogP contribution < -0.4 is 10.1 Å². The van der Waals surface area contributed by atoms with Gasteiger partial charge in [0.2, 0.25) is 11.8 Å². The Hall–Kier alpha value is -3.85. The van der Waals surface area contributed by atoms with Gasteiger partial charge in [-0.25, -0.2) is 4.98 Å². The summed E-state index contributed by atoms with van der Waals surface area (Å²) in [5.41, 5.74) is 1.96. The van der Waals surface area contributed by atoms with Crippen LogP contribution in [0.3, 0.4) is 0 Å². The second-order valence-corrected chi connectivity index (χ2v) is 11.9. The van der Waals surface area contributed by atoms with Crippen LogP contribution in [-0.2, 0) is 14.3 Å². The van der Waals surface area contributed by atoms with Crippen LogP contribution in [0.25, 0.3) is 11.5 Å². The maximum atomic E-state index is 13.2. The van der Waals surface area contributed by atoms with Crippen molar-refractivity contribution in [1.82, 2.24) is 14.8 Å². The number of hydrogen-bond acceptors (Lipinski definition) is 8. The molecule has 1 aliphatic carbocycles. The summed E-state index contributed by atoms with van der Waals surface area (Å²) < 4.78 is 16.4. The number of hydrogen-bond donors (Lipinski definition) is 1. The number of nitrogens with one attached hydrogen (secondary N) is 1. The lowest BCUT2D eigenvalue weighted by Crippen LogP contribution is -2.50. The van der Waals surface area contributed by atoms with Gasteiger partial charge in [-0.2, -0.15) is 0 Å². The number of piperidine rings is 2. The van der Waals surface area contributed by atoms with E-state index >= 15 is 0 Å². The zero-order valence-electron chi connectivity index (χ0n) is 24.2. The molecule has 0 radical (unpaired) electrons. The molecule has 2 unspecified atom stereocenters. The van der Waals surface area contributed by atoms with Gasteiger partial charge in [-0.15, -0.1) is 0 Å². The Morgan fingerprint density at radius 2 is 1.67 bits per heavy atom. The molecule has 3 aliphatic rings. The lowest BCUT2D eigenvalue weighted by Gasteiger charge is -2.39. The Kier molecular flexibility index (Phi) is 8.74. The molecule has 1 saturated carbocycles. The molecule has 1 N–H and O–H groups in total. The SMILES string of the molecule is COC(=O)C1CCN(C(=O)CN2CCC(Nc3ccc(Oc4ccc(-c5ncco5)cc4)cc3)CC2)CC1CC1CC1. The van der Waals surface area contributed by atoms with Crippen LogP contribution in [0.5, 0.6) is 11.5 Å². The molecule has 1 aromatic heterocycles. The third-order valence-corrected chi connectivity index (χ3v) is 8.86. The fourth-order valence-electron chi connectivity index (χ4n) is 6.29. The summed E-state index contributed by atoms with van der Waals surface area (Å²) in [4.78, 5) is 33.9. The van der Waals surface area contributed by atoms with E-state index in [1.165, 1.54) is 20.0 Å². The lowest BCUT2D eigenvalue weighted by atomic mass is 9.82. The molecule has 9 nitrogen and oxygen atoms in total. The number of carbonyl (C=O) groups is 2. The number of rotatable bonds is 10. The molecule has 222 valence electrons. The molecule has 1 amide bonds. The molecule has 2 saturated heterocycles. The van der Waals surface area contributed by atoms with Crippen LogP contribution >= 0.6 is 0 Å². The average Bonchev–Trinajstić information content (AvgIpc) is 3.66. The van der Waals surface area contributed by atoms with Gasteiger partial charge in [0, 0.05) is 43.5 Å². The first-order chi connectivity index (χ1) is 20.5. The third kappa shape index (κ3) is 7.13. The normalized spacial score (nSPS) is 21.6. The first kappa shape index (κ1) is 28.3. The second kappa shape index (κ2) is 13.0. The molecule has 0 spiro atoms. The van der Waals surface area contributed by atoms with E-state index in [1.807, 2.05) is 53.4 Å². The highest BCUT2D eigenvalue weighted by Gasteiger charge is 2.39. The van der Waals surface area contributed by atoms with Crippen molar-refractivity contribution in [3.63, 3.8) is 0 Å². The zero-order valence-corrected chi connectivity index (χ0v) is 24.2. The summed E-state index contributed by atoms with van der Waals surface area (Å²) in [5, 5.41) is 3.64. The number of nitrogens with zero attached hydrogens (tertiary/aromatic N) is 3. The summed E-state index contributed by atoms with van der Waals surface area (Å²) >= 11 is 0. The number of oxazole rings is 1. The standard InChI is InChI=1S/C33H40N4O5/c1-40-33(39)30-14-18-37(21-25(30)20-23-2-3-23)31(38)22-36-16-12-27(13-17-36)35-26-6-10-29(11-7-26)42-28-8-4-24(5-9-28)32-34-15-19-41-32/h4-11,15,19,23,25,27,30,35H,2-3,12-14,16-18,20-22H2,1H3. The van der Waals surface area contributed by atoms with Crippen molar-refractivity contribution in [3.8, 4) is 23.0 Å². The molecule has 0 bridgehead atoms. The Bertz CT molecular complexity index is 1320. The largest absolute Gasteiger partial charge is 0.469 e. The van der Waals surface area contributed by atoms with Gasteiger partial charge >= 0.3 is 5.97 Å². The van der Waals surface area contributed by atoms with Gasteiger partial charge in [-0.3, -0.25) is 14.5 Å². The molecule has 42 heavy (non-hydrogen) atoms. The number of likely N-dealkylation sites (tertiary alicyclic amines) is 2. The molecule has 2 atom stereocenters. The van der Waals surface area contributed by atoms with Crippen LogP contribution in [0.15, 0.2) is 65.4 Å². The second-order valence-electron chi connectivity index (χ2n) is 11.9. The highest BCUT2D eigenvalue weighted by molar-refractivity contribution is 5.79. The minimum absolute atomic E-state index is 0.0701. The zero-order chi connectivity index (χ0) is 28.9. The summed E-state index contributed by atoms with van der Waals surface area (Å²) in [6.07, 6.45) is 9.40. The molecular formula is C33H40N4O5. The Labute approximate surface area is 247 Å². The predicted octanol–water partition coefficient (Wildman–Crippen LogP) is 5.45. The third-order valence-electron chi connectivity index (χ3n) is 8.86. The maximum absolute atomic E-state index is 13.2. The fraction of sp³-hybridized carbons (Fsp3) is 0.485. The highest BCUT2D eigenvalue weighted by atomic mass is 16.5. The first-order valence-corrected chi connectivity index (χ1v) is 15.2. The maximum Gasteiger partial charge on any atom is 0.309 e. The van der Waals surface area contributed by atoms with Gasteiger partial charge in [0.25, 0.3) is 0 Å². The number of esters is 1. The Morgan fingerprint density at radius 1 is 0.952 bits per heavy atom. The van der Waals surface area contributed by atoms with Gasteiger partial charge < -0.3 is 24.1 Å². The fourth-order valence-corrected chi connectivity index (χ4v) is 6.29. The average molecular weight is 573 g/mol. The number of ether oxygens (including phenoxy) is 2. The van der Waals surface area contributed by atoms with Gasteiger partial charge in [0.15, 0.2) is 0 Å². The Balaban J connectivity index is 0.935. The molecular weight excluding hydrogens is 532 g/mol. The van der Waals surface area contributed by atoms with E-state index < -0.39 is 0 Å². The number of benzene rings is 2. The van der Waals surface area contributed by atoms with Crippen molar-refractivity contribution >= 4 is 17.6 Å². The molecule has 2 aliphatic heterocycles. The van der Waals surface area contributed by atoms with E-state index in [-0.39, 0.29) is 23.7 Å². The van der Waals surface area contributed by atoms with Gasteiger partial charge in [-0.05, 0) is 86.1 Å². The minimum Gasteiger partial charge on any atom is -0.469 e. The van der Waals surface area contributed by atoms with Crippen molar-refractivity contribution in [3.05, 3.63) is 61.0 Å². The molecule has 2 aromatic carbocycles. The van der Waals surface area contributed by atoms with E-state index in [2.05, 4.69) is 15.2 Å². The highest BCUT2D eigenvalue weighted by Crippen LogP contribution is 2.40. The van der Waals surface area contributed by atoms with Crippen LogP contribution in [0.2, 0.25) is 0 Å². The number of carbonyl (C=O) groups excluding carboxylic acids is 2. The van der Waals surface area contributed by atoms with Crippen molar-refractivity contribution in [2.24, 2.45) is 17.8 Å². The topological polar surface area (TPSA) is 97.1 Å². The van der Waals surface area contributed by atoms with Crippen LogP contribution in [0.1, 0.15) is 38.5 Å². The van der Waals surface area contributed by atoms with Gasteiger partial charge in [0.1, 0.15) is 17.8 Å². The minimum atomic E-state index is -0.112. The quantitative estimate of drug-likeness (QED) is 0.321. The molecule has 3 fully saturated rings. The number of anilines is 1. The van der Waals surface area contributed by atoms with E-state index in [4.69, 9.17) is 13.9 Å². The summed E-state index contributed by atoms with van der Waals surface area (Å²) in [5.74, 6) is 3.05. The summed E-state index contributed by atoms with van der Waals surface area (Å²) in [6.45, 7) is 3.55. The van der Waals surface area contributed by atoms with Crippen LogP contribution in [-0.4, -0.2) is 72.5 Å². The van der Waals surface area contributed by atoms with Crippen LogP contribution in [0.4, 0.5) is 5.69 Å². The van der Waals surface area contributed by atoms with E-state index in [0.717, 1.165) is 61.0 Å². The number of methoxy groups -OCH3 is 1. The van der Waals surface area contributed by atoms with E-state index in [9.17, 15) is 9.59 Å². The van der Waals surface area contributed by atoms with Crippen molar-refractivity contribution < 1.29 is 23.5 Å². The molecule has 3 heterocycles. The van der Waals surface area contributed by atoms with E-state index in [1.54, 1.807) is 12.5 Å². The van der Waals surface area contributed by atoms with Crippen molar-refractivity contribution in [1.29, 1.82) is 0 Å². The molecule has 3 aromatic rings. The monoisotopic (exact) mass is 572 g/mol. The molecule has 9 heteroatoms. The number of aromatic nitrogens is 1. The van der Waals surface area contributed by atoms with Gasteiger partial charge in [0.05, 0.1) is 25.8 Å². The van der Waals surface area contributed by atoms with Crippen LogP contribution in [0, 0.1) is 17.8 Å². The van der Waals surface area contributed by atoms with Gasteiger partial charge in [-0.1, -0.05) is 12.8 Å². The first-order valence-electron chi connectivity index (χ1n) is 15.2. The predicted molar refractivity (Wildman–Crippen MR) is 159 cm³/mol. The van der Waals surface area contributed by atoms with E-state index in [0.29, 0.717) is 38.0 Å². The Morgan fingerprint density at radius 3 is 2.31 bits per heavy atom. The number of amides is 1. The molecule has 6 rings (SSSR count). The van der Waals surface area contributed by atoms with Crippen molar-refractivity contribution in [2.75, 3.05) is 45.2 Å². The van der Waals surface area contributed by atoms with Crippen molar-refractivity contribution in [2.45, 2.75) is 44.6 Å². The lowest BCUT2D eigenvalue weighted by molar-refractivity contribution is -0.152.